The number of carboxylic acids is 1. The molecule has 28 heteroatoms. The highest BCUT2D eigenvalue weighted by Crippen LogP contribution is 2.27. The van der Waals surface area contributed by atoms with Crippen LogP contribution in [-0.4, -0.2) is 55.9 Å². The second-order valence-corrected chi connectivity index (χ2v) is 17.2. The topological polar surface area (TPSA) is 333 Å². The number of nitrogens with zero attached hydrogens (tertiary/aromatic N) is 7. The lowest BCUT2D eigenvalue weighted by atomic mass is 10.2. The van der Waals surface area contributed by atoms with Crippen molar-refractivity contribution in [3.05, 3.63) is 258 Å². The Hall–Kier alpha value is -8.29. The smallest absolute Gasteiger partial charge is 0.337 e. The molecule has 8 aromatic rings. The minimum absolute atomic E-state index is 0.0100. The maximum atomic E-state index is 10.7. The number of aliphatic hydroxyl groups excluding tert-OH is 1. The molecule has 0 bridgehead atoms. The molecule has 0 radical (unpaired) electrons. The number of rotatable bonds is 13. The van der Waals surface area contributed by atoms with Gasteiger partial charge in [0.05, 0.1) is 55.5 Å². The Morgan fingerprint density at radius 2 is 0.897 bits per heavy atom. The minimum Gasteiger partial charge on any atom is -0.506 e. The molecule has 0 spiro atoms. The summed E-state index contributed by atoms with van der Waals surface area (Å²) in [5.74, 6) is 0.220. The summed E-state index contributed by atoms with van der Waals surface area (Å²) in [6, 6.07) is 31.5. The van der Waals surface area contributed by atoms with Crippen LogP contribution in [0.4, 0.5) is 28.4 Å². The minimum atomic E-state index is -1.28. The van der Waals surface area contributed by atoms with Crippen molar-refractivity contribution in [2.45, 2.75) is 25.2 Å². The van der Waals surface area contributed by atoms with Gasteiger partial charge in [0.25, 0.3) is 22.7 Å². The molecule has 0 amide bonds. The summed E-state index contributed by atoms with van der Waals surface area (Å²) < 4.78 is 11.0. The van der Waals surface area contributed by atoms with E-state index >= 15 is 0 Å². The zero-order valence-corrected chi connectivity index (χ0v) is 45.1. The summed E-state index contributed by atoms with van der Waals surface area (Å²) in [5, 5.41) is 69.8. The molecule has 0 saturated carbocycles. The fraction of sp³-hybridized carbons (Fsp3) is 0.0800. The molecule has 8 rings (SSSR count). The van der Waals surface area contributed by atoms with Crippen LogP contribution in [0.2, 0.25) is 25.1 Å². The number of hydrogen-bond donors (Lipinski definition) is 4. The molecule has 3 heterocycles. The highest BCUT2D eigenvalue weighted by Gasteiger charge is 2.15. The number of non-ortho nitro benzene ring substituents is 4. The summed E-state index contributed by atoms with van der Waals surface area (Å²) in [6.07, 6.45) is 9.54. The number of hydrogen-bond acceptors (Lipinski definition) is 17. The fourth-order valence-electron chi connectivity index (χ4n) is 5.40. The lowest BCUT2D eigenvalue weighted by Crippen LogP contribution is -1.98. The van der Waals surface area contributed by atoms with Crippen molar-refractivity contribution in [2.75, 3.05) is 5.73 Å². The predicted octanol–water partition coefficient (Wildman–Crippen LogP) is 13.7. The molecule has 406 valence electrons. The van der Waals surface area contributed by atoms with Gasteiger partial charge in [-0.2, -0.15) is 0 Å². The number of alkyl halides is 1. The summed E-state index contributed by atoms with van der Waals surface area (Å²) in [6.45, 7) is 0.252. The lowest BCUT2D eigenvalue weighted by Gasteiger charge is -2.07. The Labute approximate surface area is 475 Å². The molecule has 78 heavy (non-hydrogen) atoms. The van der Waals surface area contributed by atoms with E-state index in [1.807, 2.05) is 12.1 Å². The normalized spacial score (nSPS) is 9.78. The number of pyridine rings is 3. The molecular formula is C50H40BrCl5N8O14. The van der Waals surface area contributed by atoms with Crippen LogP contribution >= 0.6 is 73.9 Å². The molecular weight excluding hydrogens is 1190 g/mol. The van der Waals surface area contributed by atoms with Gasteiger partial charge in [0.15, 0.2) is 0 Å². The van der Waals surface area contributed by atoms with E-state index < -0.39 is 25.7 Å². The number of nitro benzene ring substituents is 4. The fourth-order valence-corrected chi connectivity index (χ4v) is 6.92. The molecule has 0 aliphatic carbocycles. The third-order valence-corrected chi connectivity index (χ3v) is 11.6. The number of ether oxygens (including phenoxy) is 2. The molecule has 22 nitrogen and oxygen atoms in total. The third-order valence-electron chi connectivity index (χ3n) is 9.20. The molecule has 0 fully saturated rings. The van der Waals surface area contributed by atoms with Crippen molar-refractivity contribution >= 4 is 108 Å². The summed E-state index contributed by atoms with van der Waals surface area (Å²) in [7, 11) is 0. The monoisotopic (exact) mass is 1230 g/mol. The van der Waals surface area contributed by atoms with E-state index in [9.17, 15) is 45.3 Å². The van der Waals surface area contributed by atoms with Gasteiger partial charge in [-0.25, -0.2) is 4.79 Å². The summed E-state index contributed by atoms with van der Waals surface area (Å²) >= 11 is 32.0. The highest BCUT2D eigenvalue weighted by atomic mass is 79.9. The Bertz CT molecular complexity index is 3210. The van der Waals surface area contributed by atoms with Crippen molar-refractivity contribution in [2.24, 2.45) is 0 Å². The number of aromatic carboxylic acids is 1. The van der Waals surface area contributed by atoms with Gasteiger partial charge in [-0.15, -0.1) is 0 Å². The van der Waals surface area contributed by atoms with Crippen LogP contribution in [0.1, 0.15) is 32.6 Å². The Morgan fingerprint density at radius 3 is 1.27 bits per heavy atom. The summed E-state index contributed by atoms with van der Waals surface area (Å²) in [4.78, 5) is 61.4. The first-order valence-corrected chi connectivity index (χ1v) is 24.5. The highest BCUT2D eigenvalue weighted by molar-refractivity contribution is 9.08. The largest absolute Gasteiger partial charge is 0.506 e. The first-order valence-electron chi connectivity index (χ1n) is 21.4. The number of halogens is 6. The zero-order valence-electron chi connectivity index (χ0n) is 39.7. The number of aromatic nitrogens is 3. The van der Waals surface area contributed by atoms with Crippen LogP contribution < -0.4 is 15.2 Å². The van der Waals surface area contributed by atoms with E-state index in [-0.39, 0.29) is 52.3 Å². The molecule has 0 aliphatic rings. The van der Waals surface area contributed by atoms with Gasteiger partial charge in [-0.1, -0.05) is 73.9 Å². The Balaban J connectivity index is 0.000000251. The number of anilines is 1. The van der Waals surface area contributed by atoms with Crippen LogP contribution in [0.5, 0.6) is 17.2 Å². The van der Waals surface area contributed by atoms with Crippen molar-refractivity contribution in [3.8, 4) is 17.2 Å². The van der Waals surface area contributed by atoms with Gasteiger partial charge in [-0.05, 0) is 84.4 Å². The van der Waals surface area contributed by atoms with Gasteiger partial charge in [0, 0.05) is 115 Å². The SMILES string of the molecule is Nc1ccc(Cl)c(COc2cccnc2)c1.O=C(O)c1cc([N+](=O)[O-])ccc1Cl.O=[N+]([O-])c1ccc(Cl)c(CBr)c1.O=[N+]([O-])c1ccc(Cl)c(CO)c1.O=[N+]([O-])c1ccc(Cl)c(COc2cccnc2)c1.Oc1cccnc1. The molecule has 0 aliphatic heterocycles. The van der Waals surface area contributed by atoms with Crippen LogP contribution in [0, 0.1) is 40.5 Å². The maximum Gasteiger partial charge on any atom is 0.337 e. The van der Waals surface area contributed by atoms with E-state index in [1.54, 1.807) is 73.4 Å². The molecule has 5 aromatic carbocycles. The first-order chi connectivity index (χ1) is 37.1. The van der Waals surface area contributed by atoms with E-state index in [0.29, 0.717) is 60.3 Å². The third kappa shape index (κ3) is 22.9. The van der Waals surface area contributed by atoms with E-state index in [4.69, 9.17) is 88.5 Å². The molecule has 5 N–H and O–H groups in total. The molecule has 0 atom stereocenters. The van der Waals surface area contributed by atoms with E-state index in [1.165, 1.54) is 66.9 Å². The standard InChI is InChI=1S/C12H9ClN2O3.C12H11ClN2O.C7H5BrClNO2.C7H4ClNO4.C7H6ClNO3.C5H5NO/c13-12-4-3-10(15(16)17)6-9(12)8-18-11-2-1-5-14-7-11;13-12-4-3-10(14)6-9(12)8-16-11-2-1-5-15-7-11;8-4-5-3-6(10(11)12)1-2-7(5)9;8-6-2-1-4(9(12)13)3-5(6)7(10)11;8-7-2-1-6(9(11)12)3-5(7)4-10;7-5-2-1-3-6-4-5/h1-7H,8H2;1-7H,8,14H2;1-3H,4H2;1-3H,(H,10,11);1-3,10H,4H2;1-4,7H. The van der Waals surface area contributed by atoms with Gasteiger partial charge >= 0.3 is 5.97 Å². The zero-order chi connectivity index (χ0) is 57.7. The van der Waals surface area contributed by atoms with Crippen LogP contribution in [0.15, 0.2) is 165 Å². The van der Waals surface area contributed by atoms with Crippen LogP contribution in [-0.2, 0) is 25.2 Å². The number of nitro groups is 4. The second kappa shape index (κ2) is 33.7. The number of carboxylic acid groups (broad SMARTS) is 1. The average molecular weight is 1230 g/mol. The number of aliphatic hydroxyl groups is 1. The van der Waals surface area contributed by atoms with Gasteiger partial charge in [0.1, 0.15) is 30.5 Å². The number of nitrogen functional groups attached to an aromatic ring is 1. The number of benzene rings is 5. The second-order valence-electron chi connectivity index (χ2n) is 14.6. The van der Waals surface area contributed by atoms with Crippen molar-refractivity contribution in [1.82, 2.24) is 15.0 Å². The van der Waals surface area contributed by atoms with E-state index in [2.05, 4.69) is 30.9 Å². The van der Waals surface area contributed by atoms with Crippen molar-refractivity contribution in [1.29, 1.82) is 0 Å². The predicted molar refractivity (Wildman–Crippen MR) is 297 cm³/mol. The number of carbonyl (C=O) groups is 1. The summed E-state index contributed by atoms with van der Waals surface area (Å²) in [5.41, 5.74) is 8.30. The van der Waals surface area contributed by atoms with Gasteiger partial charge in [0.2, 0.25) is 0 Å². The number of aromatic hydroxyl groups is 1. The van der Waals surface area contributed by atoms with E-state index in [0.717, 1.165) is 23.3 Å². The first kappa shape index (κ1) is 64.0. The molecule has 3 aromatic heterocycles. The molecule has 0 unspecified atom stereocenters. The van der Waals surface area contributed by atoms with Crippen LogP contribution in [0.3, 0.4) is 0 Å². The quantitative estimate of drug-likeness (QED) is 0.0360. The average Bonchev–Trinajstić information content (AvgIpc) is 3.43. The van der Waals surface area contributed by atoms with Crippen molar-refractivity contribution in [3.63, 3.8) is 0 Å². The maximum absolute atomic E-state index is 10.7. The van der Waals surface area contributed by atoms with Crippen molar-refractivity contribution < 1.29 is 49.3 Å². The molecule has 0 saturated heterocycles. The lowest BCUT2D eigenvalue weighted by molar-refractivity contribution is -0.385. The Morgan fingerprint density at radius 1 is 0.526 bits per heavy atom. The Kier molecular flexibility index (Phi) is 27.6. The van der Waals surface area contributed by atoms with Gasteiger partial charge < -0.3 is 30.5 Å². The van der Waals surface area contributed by atoms with Crippen LogP contribution in [0.25, 0.3) is 0 Å². The number of nitrogens with two attached hydrogens (primary N) is 1. The van der Waals surface area contributed by atoms with Gasteiger partial charge in [-0.3, -0.25) is 55.4 Å².